The Morgan fingerprint density at radius 2 is 1.66 bits per heavy atom. The van der Waals surface area contributed by atoms with Crippen molar-refractivity contribution >= 4 is 11.6 Å². The van der Waals surface area contributed by atoms with Crippen molar-refractivity contribution in [1.82, 2.24) is 14.9 Å². The van der Waals surface area contributed by atoms with Gasteiger partial charge in [0.1, 0.15) is 0 Å². The number of nitrogens with zero attached hydrogens (tertiary/aromatic N) is 3. The summed E-state index contributed by atoms with van der Waals surface area (Å²) in [6.07, 6.45) is 0.602. The van der Waals surface area contributed by atoms with Gasteiger partial charge in [0.15, 0.2) is 0 Å². The molecule has 6 heteroatoms. The summed E-state index contributed by atoms with van der Waals surface area (Å²) in [4.78, 5) is 25.0. The lowest BCUT2D eigenvalue weighted by atomic mass is 10.1. The van der Waals surface area contributed by atoms with E-state index in [1.54, 1.807) is 0 Å². The molecule has 2 aromatic carbocycles. The molecule has 0 aliphatic carbocycles. The molecule has 3 N–H and O–H groups in total. The number of hydrogen-bond acceptors (Lipinski definition) is 5. The Balaban J connectivity index is 1.40. The maximum absolute atomic E-state index is 12.7. The van der Waals surface area contributed by atoms with Gasteiger partial charge in [0, 0.05) is 50.4 Å². The summed E-state index contributed by atoms with van der Waals surface area (Å²) in [6, 6.07) is 18.1. The molecule has 4 rings (SSSR count). The SMILES string of the molecule is Cc1nc(N2CCN(Cc3ccc(N)cc3)CC2)[nH]c(=O)c1Cc1ccccc1. The van der Waals surface area contributed by atoms with E-state index in [-0.39, 0.29) is 5.56 Å². The van der Waals surface area contributed by atoms with Gasteiger partial charge >= 0.3 is 0 Å². The van der Waals surface area contributed by atoms with E-state index < -0.39 is 0 Å². The Labute approximate surface area is 171 Å². The van der Waals surface area contributed by atoms with Crippen molar-refractivity contribution in [3.63, 3.8) is 0 Å². The van der Waals surface area contributed by atoms with E-state index in [1.807, 2.05) is 49.4 Å². The summed E-state index contributed by atoms with van der Waals surface area (Å²) in [5.41, 5.74) is 10.4. The highest BCUT2D eigenvalue weighted by molar-refractivity contribution is 5.39. The molecule has 6 nitrogen and oxygen atoms in total. The molecule has 29 heavy (non-hydrogen) atoms. The molecule has 0 saturated carbocycles. The number of aryl methyl sites for hydroxylation is 1. The zero-order valence-electron chi connectivity index (χ0n) is 16.8. The van der Waals surface area contributed by atoms with Crippen molar-refractivity contribution in [1.29, 1.82) is 0 Å². The molecular formula is C23H27N5O. The average molecular weight is 390 g/mol. The Bertz CT molecular complexity index is 1010. The van der Waals surface area contributed by atoms with Gasteiger partial charge in [-0.1, -0.05) is 42.5 Å². The molecule has 1 aromatic heterocycles. The molecule has 1 aliphatic heterocycles. The van der Waals surface area contributed by atoms with Gasteiger partial charge in [-0.15, -0.1) is 0 Å². The number of nitrogens with one attached hydrogen (secondary N) is 1. The first-order chi connectivity index (χ1) is 14.1. The van der Waals surface area contributed by atoms with E-state index in [9.17, 15) is 4.79 Å². The van der Waals surface area contributed by atoms with E-state index in [4.69, 9.17) is 10.7 Å². The number of nitrogens with two attached hydrogens (primary N) is 1. The number of hydrogen-bond donors (Lipinski definition) is 2. The number of aromatic amines is 1. The molecule has 0 atom stereocenters. The fourth-order valence-corrected chi connectivity index (χ4v) is 3.75. The lowest BCUT2D eigenvalue weighted by molar-refractivity contribution is 0.248. The first kappa shape index (κ1) is 19.2. The van der Waals surface area contributed by atoms with Crippen LogP contribution in [0.15, 0.2) is 59.4 Å². The predicted molar refractivity (Wildman–Crippen MR) is 117 cm³/mol. The van der Waals surface area contributed by atoms with E-state index in [2.05, 4.69) is 26.9 Å². The van der Waals surface area contributed by atoms with Crippen LogP contribution in [0.1, 0.15) is 22.4 Å². The number of nitrogen functional groups attached to an aromatic ring is 1. The highest BCUT2D eigenvalue weighted by Gasteiger charge is 2.20. The van der Waals surface area contributed by atoms with Crippen molar-refractivity contribution in [2.24, 2.45) is 0 Å². The van der Waals surface area contributed by atoms with Crippen molar-refractivity contribution in [2.45, 2.75) is 19.9 Å². The second-order valence-electron chi connectivity index (χ2n) is 7.62. The number of H-pyrrole nitrogens is 1. The molecule has 0 radical (unpaired) electrons. The van der Waals surface area contributed by atoms with Crippen LogP contribution in [-0.4, -0.2) is 41.0 Å². The fraction of sp³-hybridized carbons (Fsp3) is 0.304. The van der Waals surface area contributed by atoms with Crippen LogP contribution >= 0.6 is 0 Å². The molecule has 0 amide bonds. The third kappa shape index (κ3) is 4.66. The molecular weight excluding hydrogens is 362 g/mol. The number of benzene rings is 2. The first-order valence-corrected chi connectivity index (χ1v) is 10.0. The minimum Gasteiger partial charge on any atom is -0.399 e. The second-order valence-corrected chi connectivity index (χ2v) is 7.62. The largest absolute Gasteiger partial charge is 0.399 e. The number of rotatable bonds is 5. The van der Waals surface area contributed by atoms with Crippen molar-refractivity contribution in [3.8, 4) is 0 Å². The Morgan fingerprint density at radius 1 is 0.966 bits per heavy atom. The van der Waals surface area contributed by atoms with Crippen LogP contribution in [0.4, 0.5) is 11.6 Å². The van der Waals surface area contributed by atoms with Gasteiger partial charge in [0.05, 0.1) is 5.69 Å². The van der Waals surface area contributed by atoms with Gasteiger partial charge in [-0.05, 0) is 30.2 Å². The summed E-state index contributed by atoms with van der Waals surface area (Å²) in [7, 11) is 0. The smallest absolute Gasteiger partial charge is 0.256 e. The normalized spacial score (nSPS) is 14.9. The minimum atomic E-state index is -0.0411. The molecule has 1 saturated heterocycles. The standard InChI is InChI=1S/C23H27N5O/c1-17-21(15-18-5-3-2-4-6-18)22(29)26-23(25-17)28-13-11-27(12-14-28)16-19-7-9-20(24)10-8-19/h2-10H,11-16,24H2,1H3,(H,25,26,29). The molecule has 1 fully saturated rings. The van der Waals surface area contributed by atoms with Gasteiger partial charge in [0.2, 0.25) is 5.95 Å². The van der Waals surface area contributed by atoms with Gasteiger partial charge in [-0.25, -0.2) is 4.98 Å². The van der Waals surface area contributed by atoms with Crippen LogP contribution in [0, 0.1) is 6.92 Å². The molecule has 0 spiro atoms. The molecule has 3 aromatic rings. The zero-order chi connectivity index (χ0) is 20.2. The predicted octanol–water partition coefficient (Wildman–Crippen LogP) is 2.57. The summed E-state index contributed by atoms with van der Waals surface area (Å²) in [5.74, 6) is 0.677. The lowest BCUT2D eigenvalue weighted by Crippen LogP contribution is -2.47. The van der Waals surface area contributed by atoms with Crippen LogP contribution < -0.4 is 16.2 Å². The van der Waals surface area contributed by atoms with Crippen molar-refractivity contribution in [2.75, 3.05) is 36.8 Å². The summed E-state index contributed by atoms with van der Waals surface area (Å²) >= 11 is 0. The van der Waals surface area contributed by atoms with Gasteiger partial charge in [-0.3, -0.25) is 14.7 Å². The molecule has 0 unspecified atom stereocenters. The first-order valence-electron chi connectivity index (χ1n) is 10.0. The topological polar surface area (TPSA) is 78.2 Å². The fourth-order valence-electron chi connectivity index (χ4n) is 3.75. The van der Waals surface area contributed by atoms with Crippen LogP contribution in [0.5, 0.6) is 0 Å². The summed E-state index contributed by atoms with van der Waals surface area (Å²) in [5, 5.41) is 0. The number of piperazine rings is 1. The summed E-state index contributed by atoms with van der Waals surface area (Å²) in [6.45, 7) is 6.38. The quantitative estimate of drug-likeness (QED) is 0.656. The Morgan fingerprint density at radius 3 is 2.31 bits per heavy atom. The number of anilines is 2. The molecule has 150 valence electrons. The maximum Gasteiger partial charge on any atom is 0.256 e. The molecule has 2 heterocycles. The number of aromatic nitrogens is 2. The van der Waals surface area contributed by atoms with E-state index in [0.717, 1.165) is 55.2 Å². The minimum absolute atomic E-state index is 0.0411. The van der Waals surface area contributed by atoms with Crippen LogP contribution in [0.3, 0.4) is 0 Å². The highest BCUT2D eigenvalue weighted by atomic mass is 16.1. The van der Waals surface area contributed by atoms with Crippen LogP contribution in [0.25, 0.3) is 0 Å². The lowest BCUT2D eigenvalue weighted by Gasteiger charge is -2.35. The van der Waals surface area contributed by atoms with E-state index in [0.29, 0.717) is 12.4 Å². The molecule has 1 aliphatic rings. The Hall–Kier alpha value is -3.12. The monoisotopic (exact) mass is 389 g/mol. The van der Waals surface area contributed by atoms with Gasteiger partial charge < -0.3 is 10.6 Å². The third-order valence-corrected chi connectivity index (χ3v) is 5.49. The molecule has 0 bridgehead atoms. The average Bonchev–Trinajstić information content (AvgIpc) is 2.73. The Kier molecular flexibility index (Phi) is 5.62. The van der Waals surface area contributed by atoms with Crippen LogP contribution in [-0.2, 0) is 13.0 Å². The van der Waals surface area contributed by atoms with E-state index >= 15 is 0 Å². The maximum atomic E-state index is 12.7. The summed E-state index contributed by atoms with van der Waals surface area (Å²) < 4.78 is 0. The highest BCUT2D eigenvalue weighted by Crippen LogP contribution is 2.16. The zero-order valence-corrected chi connectivity index (χ0v) is 16.8. The second kappa shape index (κ2) is 8.49. The van der Waals surface area contributed by atoms with Gasteiger partial charge in [0.25, 0.3) is 5.56 Å². The third-order valence-electron chi connectivity index (χ3n) is 5.49. The van der Waals surface area contributed by atoms with E-state index in [1.165, 1.54) is 5.56 Å². The van der Waals surface area contributed by atoms with Gasteiger partial charge in [-0.2, -0.15) is 0 Å². The van der Waals surface area contributed by atoms with Crippen LogP contribution in [0.2, 0.25) is 0 Å². The van der Waals surface area contributed by atoms with Crippen molar-refractivity contribution in [3.05, 3.63) is 87.3 Å². The van der Waals surface area contributed by atoms with Crippen molar-refractivity contribution < 1.29 is 0 Å².